The minimum atomic E-state index is -3.10. The van der Waals surface area contributed by atoms with Gasteiger partial charge in [-0.1, -0.05) is 0 Å². The van der Waals surface area contributed by atoms with E-state index >= 15 is 0 Å². The molecule has 1 aromatic rings. The molecule has 1 atom stereocenters. The van der Waals surface area contributed by atoms with E-state index in [2.05, 4.69) is 21.2 Å². The van der Waals surface area contributed by atoms with E-state index < -0.39 is 26.8 Å². The molecule has 1 saturated heterocycles. The summed E-state index contributed by atoms with van der Waals surface area (Å²) in [6.07, 6.45) is 1.17. The number of nitrogens with two attached hydrogens (primary N) is 1. The van der Waals surface area contributed by atoms with Crippen LogP contribution in [0.25, 0.3) is 0 Å². The lowest BCUT2D eigenvalue weighted by atomic mass is 10.1. The molecule has 1 aliphatic rings. The second-order valence-electron chi connectivity index (χ2n) is 4.69. The van der Waals surface area contributed by atoms with E-state index in [1.54, 1.807) is 0 Å². The zero-order valence-corrected chi connectivity index (χ0v) is 12.9. The Hall–Kier alpha value is -1.15. The van der Waals surface area contributed by atoms with Crippen LogP contribution in [0, 0.1) is 5.82 Å². The third-order valence-electron chi connectivity index (χ3n) is 3.28. The van der Waals surface area contributed by atoms with Crippen molar-refractivity contribution in [2.24, 2.45) is 0 Å². The van der Waals surface area contributed by atoms with Crippen molar-refractivity contribution in [2.75, 3.05) is 18.0 Å². The Bertz CT molecular complexity index is 648. The Kier molecular flexibility index (Phi) is 4.33. The summed E-state index contributed by atoms with van der Waals surface area (Å²) in [5.74, 6) is -0.932. The predicted molar refractivity (Wildman–Crippen MR) is 77.7 cm³/mol. The highest BCUT2D eigenvalue weighted by atomic mass is 79.9. The molecule has 1 amide bonds. The lowest BCUT2D eigenvalue weighted by molar-refractivity contribution is 0.0953. The van der Waals surface area contributed by atoms with Gasteiger partial charge in [-0.15, -0.1) is 0 Å². The lowest BCUT2D eigenvalue weighted by Gasteiger charge is -2.12. The molecule has 0 bridgehead atoms. The molecule has 110 valence electrons. The fourth-order valence-electron chi connectivity index (χ4n) is 2.13. The Balaban J connectivity index is 2.08. The largest absolute Gasteiger partial charge is 0.396 e. The van der Waals surface area contributed by atoms with Crippen LogP contribution in [0.4, 0.5) is 10.1 Å². The van der Waals surface area contributed by atoms with E-state index in [1.165, 1.54) is 6.07 Å². The second-order valence-corrected chi connectivity index (χ2v) is 7.95. The SMILES string of the molecule is Nc1cc(C(=O)NCC2CCCS2(=O)=O)c(Br)cc1F. The molecule has 1 heterocycles. The first-order chi connectivity index (χ1) is 9.31. The number of nitrogens with one attached hydrogen (secondary N) is 1. The van der Waals surface area contributed by atoms with Gasteiger partial charge in [0.1, 0.15) is 5.82 Å². The van der Waals surface area contributed by atoms with Crippen molar-refractivity contribution in [3.8, 4) is 0 Å². The van der Waals surface area contributed by atoms with Crippen molar-refractivity contribution >= 4 is 37.4 Å². The molecule has 2 rings (SSSR count). The third-order valence-corrected chi connectivity index (χ3v) is 6.22. The molecule has 1 aliphatic heterocycles. The zero-order valence-electron chi connectivity index (χ0n) is 10.5. The van der Waals surface area contributed by atoms with Gasteiger partial charge in [0.15, 0.2) is 9.84 Å². The van der Waals surface area contributed by atoms with Crippen molar-refractivity contribution in [3.63, 3.8) is 0 Å². The molecule has 0 spiro atoms. The summed E-state index contributed by atoms with van der Waals surface area (Å²) in [7, 11) is -3.10. The molecule has 3 N–H and O–H groups in total. The summed E-state index contributed by atoms with van der Waals surface area (Å²) in [6.45, 7) is 0.0604. The van der Waals surface area contributed by atoms with Gasteiger partial charge in [-0.3, -0.25) is 4.79 Å². The maximum atomic E-state index is 13.2. The van der Waals surface area contributed by atoms with Crippen LogP contribution in [0.15, 0.2) is 16.6 Å². The number of amides is 1. The summed E-state index contributed by atoms with van der Waals surface area (Å²) in [5.41, 5.74) is 5.46. The van der Waals surface area contributed by atoms with E-state index in [0.29, 0.717) is 12.8 Å². The monoisotopic (exact) mass is 364 g/mol. The van der Waals surface area contributed by atoms with Gasteiger partial charge in [0.05, 0.1) is 22.3 Å². The van der Waals surface area contributed by atoms with Gasteiger partial charge < -0.3 is 11.1 Å². The zero-order chi connectivity index (χ0) is 14.9. The molecule has 1 fully saturated rings. The number of hydrogen-bond acceptors (Lipinski definition) is 4. The molecule has 0 radical (unpaired) electrons. The van der Waals surface area contributed by atoms with Gasteiger partial charge in [-0.25, -0.2) is 12.8 Å². The smallest absolute Gasteiger partial charge is 0.252 e. The van der Waals surface area contributed by atoms with Crippen LogP contribution >= 0.6 is 15.9 Å². The Morgan fingerprint density at radius 2 is 2.20 bits per heavy atom. The number of sulfone groups is 1. The summed E-state index contributed by atoms with van der Waals surface area (Å²) < 4.78 is 36.8. The topological polar surface area (TPSA) is 89.3 Å². The number of benzene rings is 1. The first kappa shape index (κ1) is 15.2. The quantitative estimate of drug-likeness (QED) is 0.794. The fourth-order valence-corrected chi connectivity index (χ4v) is 4.39. The highest BCUT2D eigenvalue weighted by molar-refractivity contribution is 9.10. The number of halogens is 2. The number of nitrogen functional groups attached to an aromatic ring is 1. The highest BCUT2D eigenvalue weighted by Crippen LogP contribution is 2.23. The molecule has 8 heteroatoms. The molecule has 20 heavy (non-hydrogen) atoms. The standard InChI is InChI=1S/C12H14BrFN2O3S/c13-9-5-10(14)11(15)4-8(9)12(17)16-6-7-2-1-3-20(7,18)19/h4-5,7H,1-3,6,15H2,(H,16,17). The highest BCUT2D eigenvalue weighted by Gasteiger charge is 2.31. The number of hydrogen-bond donors (Lipinski definition) is 2. The van der Waals surface area contributed by atoms with Crippen LogP contribution in [0.5, 0.6) is 0 Å². The van der Waals surface area contributed by atoms with Gasteiger partial charge >= 0.3 is 0 Å². The average Bonchev–Trinajstić information content (AvgIpc) is 2.70. The van der Waals surface area contributed by atoms with Gasteiger partial charge in [0.25, 0.3) is 5.91 Å². The Morgan fingerprint density at radius 3 is 2.80 bits per heavy atom. The Morgan fingerprint density at radius 1 is 1.50 bits per heavy atom. The maximum absolute atomic E-state index is 13.2. The number of carbonyl (C=O) groups excluding carboxylic acids is 1. The molecule has 5 nitrogen and oxygen atoms in total. The summed E-state index contributed by atoms with van der Waals surface area (Å²) >= 11 is 3.08. The predicted octanol–water partition coefficient (Wildman–Crippen LogP) is 1.48. The Labute approximate surface area is 124 Å². The van der Waals surface area contributed by atoms with Crippen LogP contribution in [0.3, 0.4) is 0 Å². The normalized spacial score (nSPS) is 20.8. The van der Waals surface area contributed by atoms with Gasteiger partial charge in [0, 0.05) is 11.0 Å². The molecular weight excluding hydrogens is 351 g/mol. The molecule has 1 aromatic carbocycles. The number of rotatable bonds is 3. The van der Waals surface area contributed by atoms with Crippen molar-refractivity contribution < 1.29 is 17.6 Å². The van der Waals surface area contributed by atoms with Crippen LogP contribution in [-0.2, 0) is 9.84 Å². The molecular formula is C12H14BrFN2O3S. The summed E-state index contributed by atoms with van der Waals surface area (Å²) in [6, 6.07) is 2.33. The van der Waals surface area contributed by atoms with Crippen LogP contribution < -0.4 is 11.1 Å². The van der Waals surface area contributed by atoms with Gasteiger partial charge in [-0.2, -0.15) is 0 Å². The van der Waals surface area contributed by atoms with Crippen molar-refractivity contribution in [3.05, 3.63) is 28.0 Å². The van der Waals surface area contributed by atoms with E-state index in [0.717, 1.165) is 6.07 Å². The van der Waals surface area contributed by atoms with E-state index in [9.17, 15) is 17.6 Å². The van der Waals surface area contributed by atoms with E-state index in [1.807, 2.05) is 0 Å². The summed E-state index contributed by atoms with van der Waals surface area (Å²) in [4.78, 5) is 12.0. The maximum Gasteiger partial charge on any atom is 0.252 e. The first-order valence-electron chi connectivity index (χ1n) is 6.05. The second kappa shape index (κ2) is 5.69. The van der Waals surface area contributed by atoms with Crippen molar-refractivity contribution in [2.45, 2.75) is 18.1 Å². The van der Waals surface area contributed by atoms with E-state index in [-0.39, 0.29) is 28.0 Å². The van der Waals surface area contributed by atoms with Crippen LogP contribution in [0.1, 0.15) is 23.2 Å². The van der Waals surface area contributed by atoms with Crippen molar-refractivity contribution in [1.82, 2.24) is 5.32 Å². The third kappa shape index (κ3) is 3.12. The van der Waals surface area contributed by atoms with Crippen molar-refractivity contribution in [1.29, 1.82) is 0 Å². The lowest BCUT2D eigenvalue weighted by Crippen LogP contribution is -2.34. The van der Waals surface area contributed by atoms with Crippen LogP contribution in [0.2, 0.25) is 0 Å². The minimum Gasteiger partial charge on any atom is -0.396 e. The molecule has 0 saturated carbocycles. The fraction of sp³-hybridized carbons (Fsp3) is 0.417. The van der Waals surface area contributed by atoms with Gasteiger partial charge in [-0.05, 0) is 40.9 Å². The minimum absolute atomic E-state index is 0.0604. The van der Waals surface area contributed by atoms with Gasteiger partial charge in [0.2, 0.25) is 0 Å². The first-order valence-corrected chi connectivity index (χ1v) is 8.56. The average molecular weight is 365 g/mol. The van der Waals surface area contributed by atoms with Crippen LogP contribution in [-0.4, -0.2) is 31.9 Å². The summed E-state index contributed by atoms with van der Waals surface area (Å²) in [5, 5.41) is 2.02. The number of anilines is 1. The molecule has 0 aromatic heterocycles. The molecule has 1 unspecified atom stereocenters. The van der Waals surface area contributed by atoms with E-state index in [4.69, 9.17) is 5.73 Å². The molecule has 0 aliphatic carbocycles. The number of carbonyl (C=O) groups is 1.